The number of hydrogen-bond donors (Lipinski definition) is 0. The minimum absolute atomic E-state index is 0.147. The number of hydrogen-bond acceptors (Lipinski definition) is 5. The Kier molecular flexibility index (Phi) is 4.26. The van der Waals surface area contributed by atoms with Crippen LogP contribution in [-0.2, 0) is 0 Å². The summed E-state index contributed by atoms with van der Waals surface area (Å²) in [6, 6.07) is 15.4. The van der Waals surface area contributed by atoms with Gasteiger partial charge in [0, 0.05) is 9.13 Å². The van der Waals surface area contributed by atoms with Crippen molar-refractivity contribution in [3.63, 3.8) is 0 Å². The van der Waals surface area contributed by atoms with Crippen LogP contribution < -0.4 is 14.8 Å². The van der Waals surface area contributed by atoms with E-state index in [0.29, 0.717) is 15.3 Å². The molecule has 0 unspecified atom stereocenters. The summed E-state index contributed by atoms with van der Waals surface area (Å²) in [7, 11) is 1.62. The van der Waals surface area contributed by atoms with Gasteiger partial charge in [0.15, 0.2) is 5.82 Å². The summed E-state index contributed by atoms with van der Waals surface area (Å²) >= 11 is 3.59. The number of halogens is 1. The fourth-order valence-electron chi connectivity index (χ4n) is 2.41. The van der Waals surface area contributed by atoms with Crippen molar-refractivity contribution in [2.24, 2.45) is 0 Å². The molecular formula is C18H12IN3O2S. The van der Waals surface area contributed by atoms with Gasteiger partial charge in [-0.05, 0) is 70.6 Å². The maximum absolute atomic E-state index is 12.6. The van der Waals surface area contributed by atoms with E-state index >= 15 is 0 Å². The number of nitrogens with zero attached hydrogens (tertiary/aromatic N) is 3. The highest BCUT2D eigenvalue weighted by Crippen LogP contribution is 2.20. The second kappa shape index (κ2) is 6.57. The van der Waals surface area contributed by atoms with E-state index in [2.05, 4.69) is 32.7 Å². The third kappa shape index (κ3) is 3.16. The number of rotatable bonds is 3. The van der Waals surface area contributed by atoms with Crippen LogP contribution in [0.2, 0.25) is 0 Å². The lowest BCUT2D eigenvalue weighted by atomic mass is 10.2. The molecule has 124 valence electrons. The van der Waals surface area contributed by atoms with Gasteiger partial charge in [-0.25, -0.2) is 0 Å². The van der Waals surface area contributed by atoms with Crippen LogP contribution in [0, 0.1) is 3.57 Å². The number of ether oxygens (including phenoxy) is 1. The molecule has 0 spiro atoms. The Balaban J connectivity index is 1.76. The smallest absolute Gasteiger partial charge is 0.291 e. The zero-order chi connectivity index (χ0) is 17.4. The molecule has 0 saturated heterocycles. The van der Waals surface area contributed by atoms with Crippen LogP contribution in [0.3, 0.4) is 0 Å². The van der Waals surface area contributed by atoms with Crippen molar-refractivity contribution >= 4 is 45.0 Å². The summed E-state index contributed by atoms with van der Waals surface area (Å²) < 4.78 is 8.29. The first kappa shape index (κ1) is 16.2. The van der Waals surface area contributed by atoms with E-state index in [4.69, 9.17) is 4.74 Å². The summed E-state index contributed by atoms with van der Waals surface area (Å²) in [5.41, 5.74) is 1.68. The van der Waals surface area contributed by atoms with E-state index in [1.165, 1.54) is 15.9 Å². The van der Waals surface area contributed by atoms with Crippen LogP contribution in [0.1, 0.15) is 5.56 Å². The number of methoxy groups -OCH3 is 1. The minimum Gasteiger partial charge on any atom is -0.497 e. The molecule has 0 saturated carbocycles. The van der Waals surface area contributed by atoms with E-state index in [-0.39, 0.29) is 5.56 Å². The van der Waals surface area contributed by atoms with E-state index in [1.54, 1.807) is 7.11 Å². The predicted octanol–water partition coefficient (Wildman–Crippen LogP) is 2.98. The molecule has 2 aromatic heterocycles. The SMILES string of the molecule is COc1ccc(-c2nc3sc(=Cc4ccc(I)cc4)c(=O)n3n2)cc1. The first-order valence-corrected chi connectivity index (χ1v) is 9.35. The lowest BCUT2D eigenvalue weighted by molar-refractivity contribution is 0.415. The molecule has 0 aliphatic carbocycles. The Morgan fingerprint density at radius 2 is 1.84 bits per heavy atom. The van der Waals surface area contributed by atoms with Gasteiger partial charge in [0.25, 0.3) is 5.56 Å². The summed E-state index contributed by atoms with van der Waals surface area (Å²) in [6.07, 6.45) is 1.87. The number of aromatic nitrogens is 3. The van der Waals surface area contributed by atoms with Crippen LogP contribution in [-0.4, -0.2) is 21.7 Å². The van der Waals surface area contributed by atoms with Crippen LogP contribution in [0.15, 0.2) is 53.3 Å². The first-order valence-electron chi connectivity index (χ1n) is 7.45. The molecule has 0 atom stereocenters. The van der Waals surface area contributed by atoms with Gasteiger partial charge < -0.3 is 4.74 Å². The van der Waals surface area contributed by atoms with Gasteiger partial charge in [0.05, 0.1) is 11.6 Å². The summed E-state index contributed by atoms with van der Waals surface area (Å²) in [5, 5.41) is 4.36. The van der Waals surface area contributed by atoms with Crippen molar-refractivity contribution in [1.82, 2.24) is 14.6 Å². The van der Waals surface area contributed by atoms with E-state index in [1.807, 2.05) is 54.6 Å². The lowest BCUT2D eigenvalue weighted by Gasteiger charge is -1.99. The second-order valence-corrected chi connectivity index (χ2v) is 7.58. The maximum Gasteiger partial charge on any atom is 0.291 e. The molecule has 5 nitrogen and oxygen atoms in total. The van der Waals surface area contributed by atoms with E-state index < -0.39 is 0 Å². The highest BCUT2D eigenvalue weighted by Gasteiger charge is 2.12. The maximum atomic E-state index is 12.6. The molecular weight excluding hydrogens is 449 g/mol. The van der Waals surface area contributed by atoms with Gasteiger partial charge in [-0.2, -0.15) is 9.50 Å². The highest BCUT2D eigenvalue weighted by atomic mass is 127. The van der Waals surface area contributed by atoms with E-state index in [0.717, 1.165) is 20.4 Å². The molecule has 0 aliphatic rings. The monoisotopic (exact) mass is 461 g/mol. The van der Waals surface area contributed by atoms with Crippen LogP contribution in [0.4, 0.5) is 0 Å². The molecule has 0 aliphatic heterocycles. The van der Waals surface area contributed by atoms with Gasteiger partial charge >= 0.3 is 0 Å². The molecule has 0 bridgehead atoms. The topological polar surface area (TPSA) is 56.5 Å². The predicted molar refractivity (Wildman–Crippen MR) is 107 cm³/mol. The summed E-state index contributed by atoms with van der Waals surface area (Å²) in [4.78, 5) is 17.6. The molecule has 4 aromatic rings. The molecule has 0 fully saturated rings. The minimum atomic E-state index is -0.147. The van der Waals surface area contributed by atoms with E-state index in [9.17, 15) is 4.79 Å². The van der Waals surface area contributed by atoms with Gasteiger partial charge in [0.2, 0.25) is 4.96 Å². The zero-order valence-corrected chi connectivity index (χ0v) is 16.1. The third-order valence-electron chi connectivity index (χ3n) is 3.70. The van der Waals surface area contributed by atoms with Crippen molar-refractivity contribution in [3.8, 4) is 17.1 Å². The van der Waals surface area contributed by atoms with Crippen molar-refractivity contribution in [2.45, 2.75) is 0 Å². The molecule has 7 heteroatoms. The van der Waals surface area contributed by atoms with Crippen molar-refractivity contribution in [1.29, 1.82) is 0 Å². The average molecular weight is 461 g/mol. The Hall–Kier alpha value is -2.26. The number of fused-ring (bicyclic) bond motifs is 1. The second-order valence-electron chi connectivity index (χ2n) is 5.33. The molecule has 2 aromatic carbocycles. The van der Waals surface area contributed by atoms with Crippen molar-refractivity contribution in [3.05, 3.63) is 72.6 Å². The molecule has 2 heterocycles. The normalized spacial score (nSPS) is 12.0. The largest absolute Gasteiger partial charge is 0.497 e. The van der Waals surface area contributed by atoms with Gasteiger partial charge in [0.1, 0.15) is 5.75 Å². The summed E-state index contributed by atoms with van der Waals surface area (Å²) in [5.74, 6) is 1.30. The van der Waals surface area contributed by atoms with Gasteiger partial charge in [-0.1, -0.05) is 23.5 Å². The molecule has 4 rings (SSSR count). The first-order chi connectivity index (χ1) is 12.1. The van der Waals surface area contributed by atoms with Crippen molar-refractivity contribution in [2.75, 3.05) is 7.11 Å². The molecule has 0 amide bonds. The van der Waals surface area contributed by atoms with Crippen LogP contribution in [0.25, 0.3) is 22.4 Å². The van der Waals surface area contributed by atoms with Crippen LogP contribution in [0.5, 0.6) is 5.75 Å². The Morgan fingerprint density at radius 3 is 2.48 bits per heavy atom. The number of thiazole rings is 1. The quantitative estimate of drug-likeness (QED) is 0.441. The fourth-order valence-corrected chi connectivity index (χ4v) is 3.67. The molecule has 0 N–H and O–H groups in total. The summed E-state index contributed by atoms with van der Waals surface area (Å²) in [6.45, 7) is 0. The lowest BCUT2D eigenvalue weighted by Crippen LogP contribution is -2.23. The molecule has 25 heavy (non-hydrogen) atoms. The van der Waals surface area contributed by atoms with Crippen molar-refractivity contribution < 1.29 is 4.74 Å². The Bertz CT molecular complexity index is 1150. The van der Waals surface area contributed by atoms with Gasteiger partial charge in [-0.15, -0.1) is 5.10 Å². The fraction of sp³-hybridized carbons (Fsp3) is 0.0556. The molecule has 0 radical (unpaired) electrons. The standard InChI is InChI=1S/C18H12IN3O2S/c1-24-14-8-4-12(5-9-14)16-20-18-22(21-16)17(23)15(25-18)10-11-2-6-13(19)7-3-11/h2-10H,1H3. The number of benzene rings is 2. The van der Waals surface area contributed by atoms with Crippen LogP contribution >= 0.6 is 33.9 Å². The Morgan fingerprint density at radius 1 is 1.12 bits per heavy atom. The average Bonchev–Trinajstić information content (AvgIpc) is 3.17. The highest BCUT2D eigenvalue weighted by molar-refractivity contribution is 14.1. The van der Waals surface area contributed by atoms with Gasteiger partial charge in [-0.3, -0.25) is 4.79 Å². The zero-order valence-electron chi connectivity index (χ0n) is 13.1. The Labute approximate surface area is 160 Å². The third-order valence-corrected chi connectivity index (χ3v) is 5.38.